The molecule has 0 bridgehead atoms. The van der Waals surface area contributed by atoms with E-state index in [0.717, 1.165) is 19.4 Å². The molecular formula is C11H14N2O3. The summed E-state index contributed by atoms with van der Waals surface area (Å²) in [6.45, 7) is 2.95. The Labute approximate surface area is 92.3 Å². The Balaban J connectivity index is 2.36. The Morgan fingerprint density at radius 2 is 2.38 bits per heavy atom. The van der Waals surface area contributed by atoms with Crippen LogP contribution in [0.25, 0.3) is 11.5 Å². The van der Waals surface area contributed by atoms with Gasteiger partial charge in [0.1, 0.15) is 0 Å². The first kappa shape index (κ1) is 10.6. The molecule has 0 amide bonds. The normalized spacial score (nSPS) is 10.8. The number of hydrogen-bond donors (Lipinski definition) is 2. The van der Waals surface area contributed by atoms with Crippen LogP contribution in [0.5, 0.6) is 5.88 Å². The second-order valence-corrected chi connectivity index (χ2v) is 3.63. The number of aromatic nitrogens is 2. The number of aromatic amines is 1. The fourth-order valence-electron chi connectivity index (χ4n) is 1.64. The van der Waals surface area contributed by atoms with E-state index in [1.165, 1.54) is 0 Å². The molecule has 2 aromatic heterocycles. The summed E-state index contributed by atoms with van der Waals surface area (Å²) >= 11 is 0. The zero-order valence-corrected chi connectivity index (χ0v) is 9.06. The third-order valence-corrected chi connectivity index (χ3v) is 2.45. The highest BCUT2D eigenvalue weighted by atomic mass is 16.4. The van der Waals surface area contributed by atoms with Gasteiger partial charge in [-0.2, -0.15) is 0 Å². The number of aryl methyl sites for hydroxylation is 1. The minimum absolute atomic E-state index is 0.200. The Morgan fingerprint density at radius 1 is 1.56 bits per heavy atom. The molecule has 5 nitrogen and oxygen atoms in total. The molecule has 0 atom stereocenters. The average molecular weight is 222 g/mol. The van der Waals surface area contributed by atoms with E-state index in [9.17, 15) is 9.90 Å². The standard InChI is InChI=1S/C11H14N2O3/c1-2-3-6-13-7-4-5-8(13)9-10(14)12-11(15)16-9/h4-5,7,14H,2-3,6H2,1H3,(H,12,15). The Bertz CT molecular complexity index is 521. The van der Waals surface area contributed by atoms with Gasteiger partial charge in [0.05, 0.1) is 5.69 Å². The third-order valence-electron chi connectivity index (χ3n) is 2.45. The van der Waals surface area contributed by atoms with Gasteiger partial charge in [0, 0.05) is 12.7 Å². The van der Waals surface area contributed by atoms with Crippen LogP contribution in [0.2, 0.25) is 0 Å². The third kappa shape index (κ3) is 1.88. The molecule has 0 aromatic carbocycles. The lowest BCUT2D eigenvalue weighted by atomic mass is 10.3. The van der Waals surface area contributed by atoms with Crippen molar-refractivity contribution in [3.05, 3.63) is 28.9 Å². The highest BCUT2D eigenvalue weighted by molar-refractivity contribution is 5.58. The van der Waals surface area contributed by atoms with E-state index in [1.807, 2.05) is 22.9 Å². The zero-order valence-electron chi connectivity index (χ0n) is 9.06. The van der Waals surface area contributed by atoms with Crippen LogP contribution in [-0.4, -0.2) is 14.7 Å². The number of H-pyrrole nitrogens is 1. The second kappa shape index (κ2) is 4.30. The van der Waals surface area contributed by atoms with Crippen molar-refractivity contribution in [2.24, 2.45) is 0 Å². The predicted octanol–water partition coefficient (Wildman–Crippen LogP) is 1.94. The lowest BCUT2D eigenvalue weighted by Gasteiger charge is -2.05. The van der Waals surface area contributed by atoms with E-state index < -0.39 is 5.76 Å². The van der Waals surface area contributed by atoms with Gasteiger partial charge < -0.3 is 14.1 Å². The summed E-state index contributed by atoms with van der Waals surface area (Å²) in [6.07, 6.45) is 4.02. The first-order chi connectivity index (χ1) is 7.72. The topological polar surface area (TPSA) is 71.2 Å². The number of nitrogens with zero attached hydrogens (tertiary/aromatic N) is 1. The molecule has 0 fully saturated rings. The Morgan fingerprint density at radius 3 is 3.00 bits per heavy atom. The number of rotatable bonds is 4. The fraction of sp³-hybridized carbons (Fsp3) is 0.364. The molecule has 0 aliphatic heterocycles. The van der Waals surface area contributed by atoms with Gasteiger partial charge in [0.15, 0.2) is 0 Å². The molecule has 0 aliphatic carbocycles. The maximum Gasteiger partial charge on any atom is 0.419 e. The summed E-state index contributed by atoms with van der Waals surface area (Å²) in [6, 6.07) is 3.67. The van der Waals surface area contributed by atoms with Crippen LogP contribution >= 0.6 is 0 Å². The van der Waals surface area contributed by atoms with Crippen molar-refractivity contribution in [1.82, 2.24) is 9.55 Å². The van der Waals surface area contributed by atoms with E-state index in [-0.39, 0.29) is 11.6 Å². The van der Waals surface area contributed by atoms with Crippen LogP contribution in [0.15, 0.2) is 27.5 Å². The molecule has 5 heteroatoms. The number of aromatic hydroxyl groups is 1. The largest absolute Gasteiger partial charge is 0.492 e. The predicted molar refractivity (Wildman–Crippen MR) is 59.3 cm³/mol. The number of oxazole rings is 1. The Hall–Kier alpha value is -1.91. The van der Waals surface area contributed by atoms with Gasteiger partial charge in [-0.25, -0.2) is 4.79 Å². The number of unbranched alkanes of at least 4 members (excludes halogenated alkanes) is 1. The SMILES string of the molecule is CCCCn1cccc1-c1oc(=O)[nH]c1O. The van der Waals surface area contributed by atoms with E-state index in [4.69, 9.17) is 4.42 Å². The van der Waals surface area contributed by atoms with Crippen LogP contribution in [-0.2, 0) is 6.54 Å². The zero-order chi connectivity index (χ0) is 11.5. The van der Waals surface area contributed by atoms with Crippen molar-refractivity contribution in [3.8, 4) is 17.3 Å². The first-order valence-electron chi connectivity index (χ1n) is 5.30. The van der Waals surface area contributed by atoms with Crippen molar-refractivity contribution in [1.29, 1.82) is 0 Å². The summed E-state index contributed by atoms with van der Waals surface area (Å²) < 4.78 is 6.85. The lowest BCUT2D eigenvalue weighted by molar-refractivity contribution is 0.451. The molecule has 2 heterocycles. The van der Waals surface area contributed by atoms with Gasteiger partial charge in [-0.3, -0.25) is 4.98 Å². The van der Waals surface area contributed by atoms with Crippen molar-refractivity contribution < 1.29 is 9.52 Å². The molecule has 2 aromatic rings. The molecular weight excluding hydrogens is 208 g/mol. The van der Waals surface area contributed by atoms with Gasteiger partial charge in [-0.15, -0.1) is 0 Å². The van der Waals surface area contributed by atoms with Crippen molar-refractivity contribution in [3.63, 3.8) is 0 Å². The monoisotopic (exact) mass is 222 g/mol. The molecule has 0 radical (unpaired) electrons. The molecule has 16 heavy (non-hydrogen) atoms. The van der Waals surface area contributed by atoms with Gasteiger partial charge in [-0.1, -0.05) is 13.3 Å². The maximum absolute atomic E-state index is 10.9. The molecule has 2 N–H and O–H groups in total. The van der Waals surface area contributed by atoms with Crippen LogP contribution in [0.4, 0.5) is 0 Å². The summed E-state index contributed by atoms with van der Waals surface area (Å²) in [5, 5.41) is 9.49. The van der Waals surface area contributed by atoms with E-state index >= 15 is 0 Å². The first-order valence-corrected chi connectivity index (χ1v) is 5.30. The summed E-state index contributed by atoms with van der Waals surface area (Å²) in [5.41, 5.74) is 0.712. The molecule has 0 spiro atoms. The van der Waals surface area contributed by atoms with Crippen molar-refractivity contribution in [2.75, 3.05) is 0 Å². The summed E-state index contributed by atoms with van der Waals surface area (Å²) in [7, 11) is 0. The quantitative estimate of drug-likeness (QED) is 0.830. The van der Waals surface area contributed by atoms with Crippen LogP contribution in [0.3, 0.4) is 0 Å². The minimum atomic E-state index is -0.643. The van der Waals surface area contributed by atoms with Gasteiger partial charge in [0.25, 0.3) is 0 Å². The minimum Gasteiger partial charge on any atom is -0.492 e. The molecule has 86 valence electrons. The van der Waals surface area contributed by atoms with E-state index in [1.54, 1.807) is 0 Å². The molecule has 0 saturated heterocycles. The van der Waals surface area contributed by atoms with E-state index in [2.05, 4.69) is 11.9 Å². The van der Waals surface area contributed by atoms with Crippen LogP contribution in [0.1, 0.15) is 19.8 Å². The van der Waals surface area contributed by atoms with Crippen molar-refractivity contribution >= 4 is 0 Å². The maximum atomic E-state index is 10.9. The highest BCUT2D eigenvalue weighted by Crippen LogP contribution is 2.26. The summed E-state index contributed by atoms with van der Waals surface area (Å²) in [5.74, 6) is -0.664. The smallest absolute Gasteiger partial charge is 0.419 e. The van der Waals surface area contributed by atoms with Crippen LogP contribution in [0, 0.1) is 0 Å². The van der Waals surface area contributed by atoms with Crippen LogP contribution < -0.4 is 5.76 Å². The Kier molecular flexibility index (Phi) is 2.85. The van der Waals surface area contributed by atoms with Gasteiger partial charge in [0.2, 0.25) is 11.6 Å². The number of nitrogens with one attached hydrogen (secondary N) is 1. The average Bonchev–Trinajstić information content (AvgIpc) is 2.81. The van der Waals surface area contributed by atoms with Gasteiger partial charge in [-0.05, 0) is 18.6 Å². The molecule has 0 saturated carbocycles. The van der Waals surface area contributed by atoms with Crippen molar-refractivity contribution in [2.45, 2.75) is 26.3 Å². The number of hydrogen-bond acceptors (Lipinski definition) is 3. The van der Waals surface area contributed by atoms with E-state index in [0.29, 0.717) is 5.69 Å². The molecule has 0 aliphatic rings. The molecule has 0 unspecified atom stereocenters. The lowest BCUT2D eigenvalue weighted by Crippen LogP contribution is -1.98. The fourth-order valence-corrected chi connectivity index (χ4v) is 1.64. The highest BCUT2D eigenvalue weighted by Gasteiger charge is 2.14. The summed E-state index contributed by atoms with van der Waals surface area (Å²) in [4.78, 5) is 13.1. The second-order valence-electron chi connectivity index (χ2n) is 3.63. The molecule has 2 rings (SSSR count). The van der Waals surface area contributed by atoms with Gasteiger partial charge >= 0.3 is 5.76 Å².